The van der Waals surface area contributed by atoms with Crippen molar-refractivity contribution in [3.63, 3.8) is 0 Å². The van der Waals surface area contributed by atoms with Crippen LogP contribution in [0, 0.1) is 45.8 Å². The van der Waals surface area contributed by atoms with Crippen LogP contribution in [0.3, 0.4) is 0 Å². The first-order valence-corrected chi connectivity index (χ1v) is 15.6. The Hall–Kier alpha value is -1.58. The van der Waals surface area contributed by atoms with Crippen LogP contribution < -0.4 is 0 Å². The molecule has 39 heavy (non-hydrogen) atoms. The van der Waals surface area contributed by atoms with Gasteiger partial charge in [0.15, 0.2) is 6.29 Å². The van der Waals surface area contributed by atoms with E-state index in [1.54, 1.807) is 11.3 Å². The Morgan fingerprint density at radius 1 is 1.28 bits per heavy atom. The van der Waals surface area contributed by atoms with Crippen molar-refractivity contribution < 1.29 is 29.3 Å². The Bertz CT molecular complexity index is 1140. The van der Waals surface area contributed by atoms with Gasteiger partial charge >= 0.3 is 5.97 Å². The molecule has 10 atom stereocenters. The van der Waals surface area contributed by atoms with Gasteiger partial charge in [0.05, 0.1) is 18.1 Å². The Balaban J connectivity index is 1.32. The highest BCUT2D eigenvalue weighted by Gasteiger charge is 2.84. The maximum absolute atomic E-state index is 13.6. The lowest BCUT2D eigenvalue weighted by molar-refractivity contribution is -0.235. The predicted octanol–water partition coefficient (Wildman–Crippen LogP) is 4.60. The minimum Gasteiger partial charge on any atom is -0.481 e. The highest BCUT2D eigenvalue weighted by Crippen LogP contribution is 2.82. The number of aliphatic hydroxyl groups is 1. The summed E-state index contributed by atoms with van der Waals surface area (Å²) in [6.07, 6.45) is 4.63. The first-order chi connectivity index (χ1) is 18.6. The van der Waals surface area contributed by atoms with Crippen LogP contribution in [-0.2, 0) is 25.6 Å². The number of fused-ring (bicyclic) bond motifs is 2. The van der Waals surface area contributed by atoms with Crippen molar-refractivity contribution in [1.82, 2.24) is 4.90 Å². The van der Waals surface area contributed by atoms with Crippen LogP contribution in [0.2, 0.25) is 0 Å². The lowest BCUT2D eigenvalue weighted by Crippen LogP contribution is -2.63. The number of thiophene rings is 1. The molecule has 8 heteroatoms. The van der Waals surface area contributed by atoms with Crippen LogP contribution in [0.5, 0.6) is 0 Å². The topological polar surface area (TPSA) is 96.3 Å². The van der Waals surface area contributed by atoms with E-state index >= 15 is 0 Å². The van der Waals surface area contributed by atoms with Gasteiger partial charge in [-0.2, -0.15) is 0 Å². The number of nitrogens with zero attached hydrogens (tertiary/aromatic N) is 1. The summed E-state index contributed by atoms with van der Waals surface area (Å²) in [5, 5.41) is 24.5. The largest absolute Gasteiger partial charge is 0.481 e. The number of aliphatic carboxylic acids is 1. The molecule has 2 heterocycles. The molecule has 4 aliphatic carbocycles. The molecule has 5 aliphatic rings. The van der Waals surface area contributed by atoms with E-state index < -0.39 is 34.6 Å². The molecule has 1 aromatic heterocycles. The van der Waals surface area contributed by atoms with Crippen molar-refractivity contribution in [2.24, 2.45) is 45.8 Å². The quantitative estimate of drug-likeness (QED) is 0.356. The zero-order chi connectivity index (χ0) is 27.7. The molecule has 0 spiro atoms. The normalized spacial score (nSPS) is 45.3. The number of hydrogen-bond acceptors (Lipinski definition) is 7. The molecule has 0 radical (unpaired) electrons. The van der Waals surface area contributed by atoms with Crippen LogP contribution in [0.15, 0.2) is 29.2 Å². The Morgan fingerprint density at radius 3 is 2.74 bits per heavy atom. The third kappa shape index (κ3) is 3.74. The molecular formula is C31H43NO6S. The fraction of sp³-hybridized carbons (Fsp3) is 0.742. The second-order valence-corrected chi connectivity index (χ2v) is 14.5. The van der Waals surface area contributed by atoms with Gasteiger partial charge < -0.3 is 24.5 Å². The summed E-state index contributed by atoms with van der Waals surface area (Å²) in [4.78, 5) is 30.3. The predicted molar refractivity (Wildman–Crippen MR) is 148 cm³/mol. The molecular weight excluding hydrogens is 514 g/mol. The van der Waals surface area contributed by atoms with Gasteiger partial charge in [-0.15, -0.1) is 11.3 Å². The van der Waals surface area contributed by atoms with Gasteiger partial charge in [0, 0.05) is 29.9 Å². The molecule has 4 bridgehead atoms. The molecule has 6 rings (SSSR count). The molecule has 1 aliphatic heterocycles. The minimum atomic E-state index is -1.28. The second kappa shape index (κ2) is 9.76. The van der Waals surface area contributed by atoms with Crippen molar-refractivity contribution in [3.8, 4) is 0 Å². The van der Waals surface area contributed by atoms with Crippen molar-refractivity contribution in [3.05, 3.63) is 34.0 Å². The summed E-state index contributed by atoms with van der Waals surface area (Å²) in [5.74, 6) is -0.0568. The van der Waals surface area contributed by atoms with E-state index in [4.69, 9.17) is 9.47 Å². The van der Waals surface area contributed by atoms with E-state index in [2.05, 4.69) is 43.2 Å². The lowest BCUT2D eigenvalue weighted by atomic mass is 9.43. The second-order valence-electron chi connectivity index (χ2n) is 13.5. The molecule has 3 unspecified atom stereocenters. The average molecular weight is 558 g/mol. The Morgan fingerprint density at radius 2 is 2.08 bits per heavy atom. The van der Waals surface area contributed by atoms with Crippen molar-refractivity contribution in [1.29, 1.82) is 0 Å². The highest BCUT2D eigenvalue weighted by atomic mass is 32.1. The van der Waals surface area contributed by atoms with Crippen molar-refractivity contribution in [2.75, 3.05) is 19.7 Å². The number of β-amino-alcohol motifs (C(OH)–C–C–N with tert-alkyl or cyclic N) is 1. The number of aldehydes is 1. The average Bonchev–Trinajstić information content (AvgIpc) is 3.61. The maximum Gasteiger partial charge on any atom is 0.315 e. The van der Waals surface area contributed by atoms with E-state index in [1.807, 2.05) is 13.0 Å². The van der Waals surface area contributed by atoms with E-state index in [-0.39, 0.29) is 30.5 Å². The first-order valence-electron chi connectivity index (χ1n) is 14.7. The summed E-state index contributed by atoms with van der Waals surface area (Å²) in [7, 11) is 0. The molecule has 4 fully saturated rings. The summed E-state index contributed by atoms with van der Waals surface area (Å²) in [5.41, 5.74) is -2.02. The van der Waals surface area contributed by atoms with Gasteiger partial charge in [-0.25, -0.2) is 0 Å². The number of carbonyl (C=O) groups is 2. The van der Waals surface area contributed by atoms with Gasteiger partial charge in [0.25, 0.3) is 0 Å². The third-order valence-corrected chi connectivity index (χ3v) is 12.1. The SMILES string of the molecule is CC(C)C1=CC2CC3(C=O)[C@@H]4CC[C@@H](C)[C@H]4CC2(CO[C@@H]2O[C@H](C)CN(Cc4cccs4)C[C@@H]2O)[C@]13C(=O)O. The number of rotatable bonds is 8. The summed E-state index contributed by atoms with van der Waals surface area (Å²) in [6.45, 7) is 10.4. The van der Waals surface area contributed by atoms with Gasteiger partial charge in [-0.05, 0) is 67.2 Å². The molecule has 0 amide bonds. The number of carboxylic acids is 1. The molecule has 3 saturated carbocycles. The third-order valence-electron chi connectivity index (χ3n) is 11.2. The molecule has 1 saturated heterocycles. The fourth-order valence-corrected chi connectivity index (χ4v) is 10.7. The van der Waals surface area contributed by atoms with Crippen molar-refractivity contribution in [2.45, 2.75) is 78.4 Å². The van der Waals surface area contributed by atoms with E-state index in [9.17, 15) is 19.8 Å². The van der Waals surface area contributed by atoms with E-state index in [0.29, 0.717) is 31.3 Å². The zero-order valence-corrected chi connectivity index (χ0v) is 24.4. The number of carbonyl (C=O) groups excluding carboxylic acids is 1. The van der Waals surface area contributed by atoms with E-state index in [1.165, 1.54) is 4.88 Å². The van der Waals surface area contributed by atoms with E-state index in [0.717, 1.165) is 37.7 Å². The minimum absolute atomic E-state index is 0.0195. The van der Waals surface area contributed by atoms with Crippen LogP contribution in [0.4, 0.5) is 0 Å². The number of allylic oxidation sites excluding steroid dienone is 1. The Labute approximate surface area is 235 Å². The number of hydrogen-bond donors (Lipinski definition) is 2. The van der Waals surface area contributed by atoms with Crippen LogP contribution in [-0.4, -0.2) is 65.6 Å². The standard InChI is InChI=1S/C31H43NO6S/c1-18(2)25-10-21-11-29(16-33)24-8-7-19(3)23(24)12-30(21,31(25,29)28(35)36)17-37-27-26(34)15-32(13-20(4)38-27)14-22-6-5-9-39-22/h5-6,9-10,16,18-21,23-24,26-27,34H,7-8,11-15,17H2,1-4H3,(H,35,36)/t19-,20-,21?,23-,24-,26+,27-,29?,30?,31+/m1/s1. The first kappa shape index (κ1) is 27.6. The van der Waals surface area contributed by atoms with Gasteiger partial charge in [-0.1, -0.05) is 44.9 Å². The van der Waals surface area contributed by atoms with Crippen LogP contribution in [0.1, 0.15) is 58.3 Å². The van der Waals surface area contributed by atoms with Crippen LogP contribution >= 0.6 is 11.3 Å². The number of aliphatic hydroxyl groups excluding tert-OH is 1. The summed E-state index contributed by atoms with van der Waals surface area (Å²) < 4.78 is 12.8. The highest BCUT2D eigenvalue weighted by molar-refractivity contribution is 7.09. The summed E-state index contributed by atoms with van der Waals surface area (Å²) in [6, 6.07) is 4.13. The smallest absolute Gasteiger partial charge is 0.315 e. The molecule has 0 aromatic carbocycles. The molecule has 2 N–H and O–H groups in total. The van der Waals surface area contributed by atoms with Gasteiger partial charge in [0.1, 0.15) is 17.8 Å². The van der Waals surface area contributed by atoms with Gasteiger partial charge in [-0.3, -0.25) is 9.69 Å². The molecule has 214 valence electrons. The van der Waals surface area contributed by atoms with Gasteiger partial charge in [0.2, 0.25) is 0 Å². The lowest BCUT2D eigenvalue weighted by Gasteiger charge is -2.58. The Kier molecular flexibility index (Phi) is 6.90. The fourth-order valence-electron chi connectivity index (χ4n) is 9.92. The zero-order valence-electron chi connectivity index (χ0n) is 23.5. The molecule has 1 aromatic rings. The molecule has 7 nitrogen and oxygen atoms in total. The van der Waals surface area contributed by atoms with Crippen molar-refractivity contribution >= 4 is 23.6 Å². The monoisotopic (exact) mass is 557 g/mol. The summed E-state index contributed by atoms with van der Waals surface area (Å²) >= 11 is 1.70. The number of ether oxygens (including phenoxy) is 2. The van der Waals surface area contributed by atoms with Crippen LogP contribution in [0.25, 0.3) is 0 Å². The number of carboxylic acid groups (broad SMARTS) is 1. The maximum atomic E-state index is 13.6.